The van der Waals surface area contributed by atoms with Crippen LogP contribution >= 0.6 is 23.2 Å². The van der Waals surface area contributed by atoms with Crippen LogP contribution in [-0.4, -0.2) is 97.7 Å². The second-order valence-corrected chi connectivity index (χ2v) is 14.0. The maximum absolute atomic E-state index is 14.5. The Labute approximate surface area is 313 Å². The normalized spacial score (nSPS) is 18.3. The minimum atomic E-state index is -1.01. The molecule has 52 heavy (non-hydrogen) atoms. The average molecular weight is 752 g/mol. The highest BCUT2D eigenvalue weighted by Crippen LogP contribution is 2.43. The van der Waals surface area contributed by atoms with E-state index in [0.29, 0.717) is 104 Å². The van der Waals surface area contributed by atoms with Crippen LogP contribution in [0.5, 0.6) is 17.2 Å². The fourth-order valence-electron chi connectivity index (χ4n) is 7.50. The Bertz CT molecular complexity index is 1930. The Balaban J connectivity index is 1.19. The first-order valence-corrected chi connectivity index (χ1v) is 18.3. The summed E-state index contributed by atoms with van der Waals surface area (Å²) in [4.78, 5) is 50.7. The van der Waals surface area contributed by atoms with E-state index in [1.807, 2.05) is 41.8 Å². The smallest absolute Gasteiger partial charge is 0.260 e. The Morgan fingerprint density at radius 2 is 1.62 bits per heavy atom. The van der Waals surface area contributed by atoms with E-state index >= 15 is 0 Å². The largest absolute Gasteiger partial charge is 0.493 e. The molecule has 276 valence electrons. The van der Waals surface area contributed by atoms with Crippen molar-refractivity contribution in [2.45, 2.75) is 44.6 Å². The molecule has 1 aromatic heterocycles. The Morgan fingerprint density at radius 3 is 2.27 bits per heavy atom. The number of ether oxygens (including phenoxy) is 4. The van der Waals surface area contributed by atoms with Crippen molar-refractivity contribution in [3.8, 4) is 17.2 Å². The molecule has 0 saturated carbocycles. The number of hydrogen-bond donors (Lipinski definition) is 0. The van der Waals surface area contributed by atoms with Crippen molar-refractivity contribution in [1.29, 1.82) is 0 Å². The van der Waals surface area contributed by atoms with Crippen LogP contribution in [-0.2, 0) is 21.5 Å². The number of likely N-dealkylation sites (tertiary alicyclic amines) is 2. The van der Waals surface area contributed by atoms with Gasteiger partial charge in [0.05, 0.1) is 54.4 Å². The van der Waals surface area contributed by atoms with E-state index in [9.17, 15) is 14.4 Å². The zero-order valence-corrected chi connectivity index (χ0v) is 31.5. The molecular formula is C39H44Cl2N4O7. The summed E-state index contributed by atoms with van der Waals surface area (Å²) >= 11 is 12.8. The number of aromatic nitrogens is 2. The Morgan fingerprint density at radius 1 is 0.904 bits per heavy atom. The third-order valence-electron chi connectivity index (χ3n) is 10.4. The van der Waals surface area contributed by atoms with Gasteiger partial charge in [-0.05, 0) is 94.2 Å². The van der Waals surface area contributed by atoms with Gasteiger partial charge in [0, 0.05) is 31.2 Å². The zero-order valence-electron chi connectivity index (χ0n) is 30.0. The van der Waals surface area contributed by atoms with E-state index in [-0.39, 0.29) is 29.7 Å². The van der Waals surface area contributed by atoms with Crippen LogP contribution in [0.25, 0.3) is 11.0 Å². The average Bonchev–Trinajstić information content (AvgIpc) is 3.71. The van der Waals surface area contributed by atoms with Crippen LogP contribution in [0.4, 0.5) is 0 Å². The first-order chi connectivity index (χ1) is 25.1. The fraction of sp³-hybridized carbons (Fsp3) is 0.436. The first kappa shape index (κ1) is 37.6. The lowest BCUT2D eigenvalue weighted by Gasteiger charge is -2.35. The summed E-state index contributed by atoms with van der Waals surface area (Å²) in [7, 11) is 4.43. The molecule has 3 heterocycles. The summed E-state index contributed by atoms with van der Waals surface area (Å²) in [5.74, 6) is 0.582. The van der Waals surface area contributed by atoms with Crippen molar-refractivity contribution < 1.29 is 33.3 Å². The van der Waals surface area contributed by atoms with Crippen LogP contribution in [0.3, 0.4) is 0 Å². The van der Waals surface area contributed by atoms with Crippen molar-refractivity contribution in [1.82, 2.24) is 19.4 Å². The summed E-state index contributed by atoms with van der Waals surface area (Å²) in [6.45, 7) is 5.80. The Kier molecular flexibility index (Phi) is 11.7. The van der Waals surface area contributed by atoms with E-state index in [2.05, 4.69) is 4.90 Å². The maximum Gasteiger partial charge on any atom is 0.260 e. The van der Waals surface area contributed by atoms with E-state index in [1.165, 1.54) is 26.2 Å². The number of imidazole rings is 1. The van der Waals surface area contributed by atoms with E-state index in [4.69, 9.17) is 47.1 Å². The fourth-order valence-corrected chi connectivity index (χ4v) is 7.80. The van der Waals surface area contributed by atoms with Crippen molar-refractivity contribution in [3.63, 3.8) is 0 Å². The number of carbonyl (C=O) groups excluding carboxylic acids is 3. The van der Waals surface area contributed by atoms with Gasteiger partial charge in [-0.3, -0.25) is 19.3 Å². The van der Waals surface area contributed by atoms with Gasteiger partial charge < -0.3 is 28.4 Å². The second kappa shape index (κ2) is 16.2. The number of carbonyl (C=O) groups is 3. The van der Waals surface area contributed by atoms with E-state index < -0.39 is 11.3 Å². The van der Waals surface area contributed by atoms with Crippen molar-refractivity contribution in [2.75, 3.05) is 60.7 Å². The number of benzene rings is 3. The highest BCUT2D eigenvalue weighted by Gasteiger charge is 2.50. The number of ketones is 1. The second-order valence-electron chi connectivity index (χ2n) is 13.1. The number of fused-ring (bicyclic) bond motifs is 1. The summed E-state index contributed by atoms with van der Waals surface area (Å²) < 4.78 is 23.9. The SMILES string of the molecule is CCOCCn1c(C(=O)C2CCN(CCC3(c4ccc(Cl)c(Cl)c4)CCN(C(=O)c4cc(OC)c(OC)c(OC)c4)C3=O)CC2)nc2ccccc21. The van der Waals surface area contributed by atoms with Gasteiger partial charge in [0.15, 0.2) is 17.3 Å². The molecule has 4 aromatic rings. The molecule has 6 rings (SSSR count). The summed E-state index contributed by atoms with van der Waals surface area (Å²) in [5, 5.41) is 0.724. The van der Waals surface area contributed by atoms with Gasteiger partial charge in [-0.2, -0.15) is 0 Å². The van der Waals surface area contributed by atoms with Crippen molar-refractivity contribution in [2.24, 2.45) is 5.92 Å². The lowest BCUT2D eigenvalue weighted by molar-refractivity contribution is -0.130. The van der Waals surface area contributed by atoms with Crippen LogP contribution in [0.15, 0.2) is 54.6 Å². The van der Waals surface area contributed by atoms with Gasteiger partial charge in [0.1, 0.15) is 0 Å². The number of para-hydroxylation sites is 2. The number of rotatable bonds is 14. The predicted octanol–water partition coefficient (Wildman–Crippen LogP) is 6.70. The van der Waals surface area contributed by atoms with Crippen molar-refractivity contribution >= 4 is 51.8 Å². The van der Waals surface area contributed by atoms with E-state index in [1.54, 1.807) is 24.3 Å². The summed E-state index contributed by atoms with van der Waals surface area (Å²) in [6.07, 6.45) is 2.21. The Hall–Kier alpha value is -4.16. The maximum atomic E-state index is 14.5. The van der Waals surface area contributed by atoms with Crippen LogP contribution in [0.2, 0.25) is 10.0 Å². The highest BCUT2D eigenvalue weighted by molar-refractivity contribution is 6.42. The van der Waals surface area contributed by atoms with Crippen molar-refractivity contribution in [3.05, 3.63) is 81.6 Å². The summed E-state index contributed by atoms with van der Waals surface area (Å²) in [6, 6.07) is 16.1. The molecule has 2 amide bonds. The lowest BCUT2D eigenvalue weighted by Crippen LogP contribution is -2.44. The molecule has 1 atom stereocenters. The molecule has 0 radical (unpaired) electrons. The quantitative estimate of drug-likeness (QED) is 0.0790. The third kappa shape index (κ3) is 7.24. The molecule has 0 bridgehead atoms. The molecule has 2 fully saturated rings. The molecule has 0 aliphatic carbocycles. The molecule has 2 aliphatic heterocycles. The van der Waals surface area contributed by atoms with Crippen LogP contribution < -0.4 is 14.2 Å². The number of halogens is 2. The van der Waals surface area contributed by atoms with Gasteiger partial charge >= 0.3 is 0 Å². The highest BCUT2D eigenvalue weighted by atomic mass is 35.5. The number of nitrogens with zero attached hydrogens (tertiary/aromatic N) is 4. The van der Waals surface area contributed by atoms with E-state index in [0.717, 1.165) is 11.0 Å². The molecule has 1 unspecified atom stereocenters. The number of hydrogen-bond acceptors (Lipinski definition) is 9. The van der Waals surface area contributed by atoms with Gasteiger partial charge in [-0.1, -0.05) is 41.4 Å². The molecule has 0 N–H and O–H groups in total. The van der Waals surface area contributed by atoms with Gasteiger partial charge in [0.2, 0.25) is 17.4 Å². The number of methoxy groups -OCH3 is 3. The first-order valence-electron chi connectivity index (χ1n) is 17.6. The van der Waals surface area contributed by atoms with Crippen LogP contribution in [0, 0.1) is 5.92 Å². The molecule has 0 spiro atoms. The molecule has 3 aromatic carbocycles. The number of amides is 2. The zero-order chi connectivity index (χ0) is 37.0. The van der Waals surface area contributed by atoms with Gasteiger partial charge in [0.25, 0.3) is 5.91 Å². The molecule has 13 heteroatoms. The standard InChI is InChI=1S/C39H44Cl2N4O7/c1-5-52-21-20-44-31-9-7-6-8-30(31)42-36(44)34(46)25-12-16-43(17-13-25)18-14-39(27-10-11-28(40)29(41)24-27)15-19-45(38(39)48)37(47)26-22-32(49-2)35(51-4)33(23-26)50-3/h6-11,22-25H,5,12-21H2,1-4H3. The monoisotopic (exact) mass is 750 g/mol. The minimum Gasteiger partial charge on any atom is -0.493 e. The van der Waals surface area contributed by atoms with Gasteiger partial charge in [-0.25, -0.2) is 4.98 Å². The third-order valence-corrected chi connectivity index (χ3v) is 11.1. The van der Waals surface area contributed by atoms with Crippen LogP contribution in [0.1, 0.15) is 59.1 Å². The lowest BCUT2D eigenvalue weighted by atomic mass is 9.75. The predicted molar refractivity (Wildman–Crippen MR) is 199 cm³/mol. The van der Waals surface area contributed by atoms with Gasteiger partial charge in [-0.15, -0.1) is 0 Å². The molecular weight excluding hydrogens is 707 g/mol. The summed E-state index contributed by atoms with van der Waals surface area (Å²) in [5.41, 5.74) is 1.66. The minimum absolute atomic E-state index is 0.0477. The molecule has 11 nitrogen and oxygen atoms in total. The number of piperidine rings is 1. The topological polar surface area (TPSA) is 112 Å². The molecule has 2 aliphatic rings. The molecule has 2 saturated heterocycles. The number of imide groups is 1. The number of Topliss-reactive ketones (excluding diaryl/α,β-unsaturated/α-hetero) is 1.